The lowest BCUT2D eigenvalue weighted by molar-refractivity contribution is -0.297. The third-order valence-electron chi connectivity index (χ3n) is 2.04. The number of carboxylic acids is 1. The van der Waals surface area contributed by atoms with Crippen molar-refractivity contribution >= 4 is 17.6 Å². The minimum atomic E-state index is -1.44. The monoisotopic (exact) mass is 250 g/mol. The Morgan fingerprint density at radius 1 is 1.22 bits per heavy atom. The van der Waals surface area contributed by atoms with E-state index in [1.54, 1.807) is 18.2 Å². The second-order valence-corrected chi connectivity index (χ2v) is 3.21. The maximum absolute atomic E-state index is 11.4. The van der Waals surface area contributed by atoms with Gasteiger partial charge < -0.3 is 24.7 Å². The summed E-state index contributed by atoms with van der Waals surface area (Å²) in [4.78, 5) is 21.5. The van der Waals surface area contributed by atoms with Gasteiger partial charge in [0.15, 0.2) is 0 Å². The molecule has 0 saturated carbocycles. The molecule has 0 atom stereocenters. The molecule has 1 aromatic rings. The second kappa shape index (κ2) is 6.29. The average Bonchev–Trinajstić information content (AvgIpc) is 2.36. The Morgan fingerprint density at radius 3 is 2.50 bits per heavy atom. The van der Waals surface area contributed by atoms with Gasteiger partial charge in [0, 0.05) is 12.1 Å². The summed E-state index contributed by atoms with van der Waals surface area (Å²) >= 11 is 0. The number of carboxylic acid groups (broad SMARTS) is 1. The molecular formula is C12H12NO5-. The molecule has 0 aliphatic rings. The number of carbonyl (C=O) groups excluding carboxylic acids is 2. The van der Waals surface area contributed by atoms with Crippen LogP contribution in [0.15, 0.2) is 30.4 Å². The number of benzene rings is 1. The van der Waals surface area contributed by atoms with Crippen LogP contribution >= 0.6 is 0 Å². The lowest BCUT2D eigenvalue weighted by Gasteiger charge is -2.10. The second-order valence-electron chi connectivity index (χ2n) is 3.21. The Hall–Kier alpha value is -2.50. The fourth-order valence-electron chi connectivity index (χ4n) is 1.22. The number of nitrogens with one attached hydrogen (secondary N) is 1. The van der Waals surface area contributed by atoms with Crippen molar-refractivity contribution in [3.05, 3.63) is 30.4 Å². The van der Waals surface area contributed by atoms with E-state index in [1.807, 2.05) is 0 Å². The minimum absolute atomic E-state index is 0.407. The van der Waals surface area contributed by atoms with E-state index < -0.39 is 11.9 Å². The van der Waals surface area contributed by atoms with Crippen LogP contribution in [0.25, 0.3) is 0 Å². The molecule has 0 radical (unpaired) electrons. The lowest BCUT2D eigenvalue weighted by atomic mass is 10.2. The van der Waals surface area contributed by atoms with Crippen LogP contribution in [0.3, 0.4) is 0 Å². The molecule has 0 spiro atoms. The van der Waals surface area contributed by atoms with Gasteiger partial charge in [-0.05, 0) is 18.2 Å². The van der Waals surface area contributed by atoms with Crippen molar-refractivity contribution < 1.29 is 24.2 Å². The van der Waals surface area contributed by atoms with Crippen molar-refractivity contribution in [2.45, 2.75) is 0 Å². The Kier molecular flexibility index (Phi) is 4.74. The Balaban J connectivity index is 2.84. The van der Waals surface area contributed by atoms with Crippen LogP contribution in [0.2, 0.25) is 0 Å². The summed E-state index contributed by atoms with van der Waals surface area (Å²) in [6, 6.07) is 4.82. The summed E-state index contributed by atoms with van der Waals surface area (Å²) in [5.74, 6) is -1.05. The molecule has 0 unspecified atom stereocenters. The Labute approximate surface area is 104 Å². The van der Waals surface area contributed by atoms with E-state index in [0.717, 1.165) is 6.08 Å². The van der Waals surface area contributed by atoms with Crippen molar-refractivity contribution in [1.82, 2.24) is 0 Å². The molecule has 1 N–H and O–H groups in total. The molecule has 0 aliphatic heterocycles. The molecule has 18 heavy (non-hydrogen) atoms. The van der Waals surface area contributed by atoms with Crippen molar-refractivity contribution in [1.29, 1.82) is 0 Å². The molecule has 1 rings (SSSR count). The van der Waals surface area contributed by atoms with E-state index in [2.05, 4.69) is 5.32 Å². The molecular weight excluding hydrogens is 238 g/mol. The first-order chi connectivity index (χ1) is 8.56. The van der Waals surface area contributed by atoms with Crippen LogP contribution in [0, 0.1) is 0 Å². The molecule has 0 saturated heterocycles. The highest BCUT2D eigenvalue weighted by molar-refractivity contribution is 6.02. The number of amides is 1. The van der Waals surface area contributed by atoms with Gasteiger partial charge in [-0.3, -0.25) is 4.79 Å². The number of rotatable bonds is 5. The summed E-state index contributed by atoms with van der Waals surface area (Å²) in [6.07, 6.45) is 1.50. The van der Waals surface area contributed by atoms with Crippen molar-refractivity contribution in [3.63, 3.8) is 0 Å². The highest BCUT2D eigenvalue weighted by atomic mass is 16.5. The van der Waals surface area contributed by atoms with Crippen molar-refractivity contribution in [2.24, 2.45) is 0 Å². The van der Waals surface area contributed by atoms with Gasteiger partial charge in [-0.1, -0.05) is 0 Å². The molecule has 6 nitrogen and oxygen atoms in total. The number of hydrogen-bond acceptors (Lipinski definition) is 5. The third kappa shape index (κ3) is 3.82. The highest BCUT2D eigenvalue weighted by Crippen LogP contribution is 2.28. The highest BCUT2D eigenvalue weighted by Gasteiger charge is 2.06. The zero-order chi connectivity index (χ0) is 13.5. The number of hydrogen-bond donors (Lipinski definition) is 1. The quantitative estimate of drug-likeness (QED) is 0.740. The summed E-state index contributed by atoms with van der Waals surface area (Å²) in [5.41, 5.74) is 0.409. The van der Waals surface area contributed by atoms with Gasteiger partial charge in [0.25, 0.3) is 0 Å². The number of anilines is 1. The summed E-state index contributed by atoms with van der Waals surface area (Å²) in [6.45, 7) is 0. The molecule has 0 heterocycles. The first-order valence-electron chi connectivity index (χ1n) is 4.99. The topological polar surface area (TPSA) is 87.7 Å². The molecule has 0 fully saturated rings. The molecule has 1 amide bonds. The number of carbonyl (C=O) groups is 2. The predicted molar refractivity (Wildman–Crippen MR) is 62.3 cm³/mol. The number of ether oxygens (including phenoxy) is 2. The molecule has 6 heteroatoms. The van der Waals surface area contributed by atoms with Crippen molar-refractivity contribution in [3.8, 4) is 11.5 Å². The van der Waals surface area contributed by atoms with Crippen molar-refractivity contribution in [2.75, 3.05) is 19.5 Å². The summed E-state index contributed by atoms with van der Waals surface area (Å²) < 4.78 is 10.1. The fraction of sp³-hybridized carbons (Fsp3) is 0.167. The Bertz CT molecular complexity index is 481. The maximum atomic E-state index is 11.4. The number of methoxy groups -OCH3 is 2. The lowest BCUT2D eigenvalue weighted by Crippen LogP contribution is -2.20. The van der Waals surface area contributed by atoms with Gasteiger partial charge in [0.2, 0.25) is 5.91 Å². The van der Waals surface area contributed by atoms with E-state index in [9.17, 15) is 14.7 Å². The van der Waals surface area contributed by atoms with E-state index in [0.29, 0.717) is 23.3 Å². The van der Waals surface area contributed by atoms with Crippen LogP contribution < -0.4 is 19.9 Å². The maximum Gasteiger partial charge on any atom is 0.248 e. The summed E-state index contributed by atoms with van der Waals surface area (Å²) in [7, 11) is 2.96. The van der Waals surface area contributed by atoms with Gasteiger partial charge in [-0.15, -0.1) is 0 Å². The van der Waals surface area contributed by atoms with E-state index in [4.69, 9.17) is 9.47 Å². The standard InChI is InChI=1S/C12H13NO5/c1-17-8-3-4-9(10(7-8)18-2)13-11(14)5-6-12(15)16/h3-7H,1-2H3,(H,13,14)(H,15,16)/p-1/b6-5+. The average molecular weight is 250 g/mol. The molecule has 0 bridgehead atoms. The van der Waals surface area contributed by atoms with E-state index in [1.165, 1.54) is 14.2 Å². The minimum Gasteiger partial charge on any atom is -0.545 e. The predicted octanol–water partition coefficient (Wildman–Crippen LogP) is -0.0516. The third-order valence-corrected chi connectivity index (χ3v) is 2.04. The molecule has 0 aliphatic carbocycles. The number of aliphatic carboxylic acids is 1. The molecule has 0 aromatic heterocycles. The van der Waals surface area contributed by atoms with E-state index >= 15 is 0 Å². The molecule has 96 valence electrons. The van der Waals surface area contributed by atoms with Gasteiger partial charge in [-0.2, -0.15) is 0 Å². The molecule has 1 aromatic carbocycles. The zero-order valence-corrected chi connectivity index (χ0v) is 9.93. The smallest absolute Gasteiger partial charge is 0.248 e. The first-order valence-corrected chi connectivity index (χ1v) is 4.99. The SMILES string of the molecule is COc1ccc(NC(=O)/C=C/C(=O)[O-])c(OC)c1. The van der Waals surface area contributed by atoms with Crippen LogP contribution in [-0.2, 0) is 9.59 Å². The fourth-order valence-corrected chi connectivity index (χ4v) is 1.22. The van der Waals surface area contributed by atoms with E-state index in [-0.39, 0.29) is 0 Å². The normalized spacial score (nSPS) is 10.1. The van der Waals surface area contributed by atoms with Crippen LogP contribution in [0.1, 0.15) is 0 Å². The van der Waals surface area contributed by atoms with Gasteiger partial charge >= 0.3 is 0 Å². The van der Waals surface area contributed by atoms with Gasteiger partial charge in [0.05, 0.1) is 25.9 Å². The summed E-state index contributed by atoms with van der Waals surface area (Å²) in [5, 5.41) is 12.6. The zero-order valence-electron chi connectivity index (χ0n) is 9.93. The largest absolute Gasteiger partial charge is 0.545 e. The van der Waals surface area contributed by atoms with Gasteiger partial charge in [0.1, 0.15) is 11.5 Å². The van der Waals surface area contributed by atoms with Gasteiger partial charge in [-0.25, -0.2) is 0 Å². The first kappa shape index (κ1) is 13.6. The van der Waals surface area contributed by atoms with Crippen LogP contribution in [-0.4, -0.2) is 26.1 Å². The van der Waals surface area contributed by atoms with Crippen LogP contribution in [0.4, 0.5) is 5.69 Å². The van der Waals surface area contributed by atoms with Crippen LogP contribution in [0.5, 0.6) is 11.5 Å². The Morgan fingerprint density at radius 2 is 1.94 bits per heavy atom.